The van der Waals surface area contributed by atoms with E-state index in [1.54, 1.807) is 12.1 Å². The van der Waals surface area contributed by atoms with Crippen molar-refractivity contribution < 1.29 is 4.39 Å². The van der Waals surface area contributed by atoms with Gasteiger partial charge in [0, 0.05) is 16.8 Å². The number of nitrogens with one attached hydrogen (secondary N) is 1. The van der Waals surface area contributed by atoms with Gasteiger partial charge in [0.2, 0.25) is 0 Å². The zero-order valence-electron chi connectivity index (χ0n) is 10.1. The summed E-state index contributed by atoms with van der Waals surface area (Å²) in [6.45, 7) is 2.10. The molecule has 0 fully saturated rings. The van der Waals surface area contributed by atoms with Crippen LogP contribution in [0.5, 0.6) is 0 Å². The fourth-order valence-corrected chi connectivity index (χ4v) is 2.10. The Morgan fingerprint density at radius 3 is 2.94 bits per heavy atom. The minimum absolute atomic E-state index is 0.0922. The Bertz CT molecular complexity index is 551. The molecule has 2 rings (SSSR count). The SMILES string of the molecule is CCCCc1[nH]nc(N)c1-c1cccc(Cl)c1F. The lowest BCUT2D eigenvalue weighted by Gasteiger charge is -2.06. The number of nitrogens with two attached hydrogens (primary N) is 1. The van der Waals surface area contributed by atoms with E-state index < -0.39 is 5.82 Å². The maximum Gasteiger partial charge on any atom is 0.153 e. The minimum atomic E-state index is -0.454. The van der Waals surface area contributed by atoms with Crippen molar-refractivity contribution in [2.24, 2.45) is 0 Å². The number of aryl methyl sites for hydroxylation is 1. The Labute approximate surface area is 110 Å². The van der Waals surface area contributed by atoms with Crippen molar-refractivity contribution in [3.63, 3.8) is 0 Å². The van der Waals surface area contributed by atoms with Gasteiger partial charge in [-0.05, 0) is 18.9 Å². The second-order valence-corrected chi connectivity index (χ2v) is 4.57. The number of nitrogens with zero attached hydrogens (tertiary/aromatic N) is 1. The number of rotatable bonds is 4. The lowest BCUT2D eigenvalue weighted by atomic mass is 10.0. The molecule has 0 bridgehead atoms. The van der Waals surface area contributed by atoms with Crippen molar-refractivity contribution in [2.75, 3.05) is 5.73 Å². The van der Waals surface area contributed by atoms with Gasteiger partial charge >= 0.3 is 0 Å². The number of anilines is 1. The lowest BCUT2D eigenvalue weighted by Crippen LogP contribution is -1.94. The summed E-state index contributed by atoms with van der Waals surface area (Å²) < 4.78 is 14.0. The fraction of sp³-hybridized carbons (Fsp3) is 0.308. The molecule has 0 aliphatic carbocycles. The van der Waals surface area contributed by atoms with Gasteiger partial charge < -0.3 is 5.73 Å². The Morgan fingerprint density at radius 2 is 2.22 bits per heavy atom. The number of aromatic nitrogens is 2. The molecular weight excluding hydrogens is 253 g/mol. The number of nitrogen functional groups attached to an aromatic ring is 1. The van der Waals surface area contributed by atoms with E-state index >= 15 is 0 Å². The molecule has 3 nitrogen and oxygen atoms in total. The van der Waals surface area contributed by atoms with E-state index in [0.717, 1.165) is 25.0 Å². The maximum atomic E-state index is 14.0. The molecule has 96 valence electrons. The molecule has 0 radical (unpaired) electrons. The maximum absolute atomic E-state index is 14.0. The standard InChI is InChI=1S/C13H15ClFN3/c1-2-3-7-10-11(13(16)18-17-10)8-5-4-6-9(14)12(8)15/h4-6H,2-3,7H2,1H3,(H3,16,17,18). The molecule has 0 saturated heterocycles. The first kappa shape index (κ1) is 12.9. The van der Waals surface area contributed by atoms with Crippen LogP contribution in [0.2, 0.25) is 5.02 Å². The van der Waals surface area contributed by atoms with Crippen molar-refractivity contribution in [1.82, 2.24) is 10.2 Å². The average molecular weight is 268 g/mol. The van der Waals surface area contributed by atoms with Crippen LogP contribution in [0, 0.1) is 5.82 Å². The van der Waals surface area contributed by atoms with Gasteiger partial charge in [-0.25, -0.2) is 4.39 Å². The average Bonchev–Trinajstić information content (AvgIpc) is 2.72. The Balaban J connectivity index is 2.49. The highest BCUT2D eigenvalue weighted by Gasteiger charge is 2.17. The van der Waals surface area contributed by atoms with Crippen LogP contribution in [0.3, 0.4) is 0 Å². The molecule has 0 aliphatic rings. The van der Waals surface area contributed by atoms with Crippen LogP contribution < -0.4 is 5.73 Å². The van der Waals surface area contributed by atoms with Crippen molar-refractivity contribution in [3.05, 3.63) is 34.7 Å². The van der Waals surface area contributed by atoms with Gasteiger partial charge in [0.05, 0.1) is 5.02 Å². The quantitative estimate of drug-likeness (QED) is 0.885. The largest absolute Gasteiger partial charge is 0.382 e. The van der Waals surface area contributed by atoms with Gasteiger partial charge in [-0.15, -0.1) is 0 Å². The predicted octanol–water partition coefficient (Wildman–Crippen LogP) is 3.79. The molecule has 3 N–H and O–H groups in total. The van der Waals surface area contributed by atoms with E-state index in [4.69, 9.17) is 17.3 Å². The summed E-state index contributed by atoms with van der Waals surface area (Å²) in [4.78, 5) is 0. The molecule has 0 spiro atoms. The Hall–Kier alpha value is -1.55. The fourth-order valence-electron chi connectivity index (χ4n) is 1.93. The topological polar surface area (TPSA) is 54.7 Å². The number of halogens is 2. The van der Waals surface area contributed by atoms with Crippen molar-refractivity contribution in [1.29, 1.82) is 0 Å². The van der Waals surface area contributed by atoms with Gasteiger partial charge in [0.15, 0.2) is 5.82 Å². The molecule has 0 unspecified atom stereocenters. The van der Waals surface area contributed by atoms with Gasteiger partial charge in [-0.3, -0.25) is 5.10 Å². The van der Waals surface area contributed by atoms with E-state index in [0.29, 0.717) is 16.9 Å². The van der Waals surface area contributed by atoms with E-state index in [-0.39, 0.29) is 5.02 Å². The molecule has 1 aromatic heterocycles. The van der Waals surface area contributed by atoms with Crippen LogP contribution in [0.4, 0.5) is 10.2 Å². The number of hydrogen-bond acceptors (Lipinski definition) is 2. The second-order valence-electron chi connectivity index (χ2n) is 4.17. The molecule has 0 amide bonds. The van der Waals surface area contributed by atoms with E-state index in [1.165, 1.54) is 6.07 Å². The highest BCUT2D eigenvalue weighted by Crippen LogP contribution is 2.33. The van der Waals surface area contributed by atoms with E-state index in [9.17, 15) is 4.39 Å². The van der Waals surface area contributed by atoms with Gasteiger partial charge in [0.1, 0.15) is 5.82 Å². The summed E-state index contributed by atoms with van der Waals surface area (Å²) in [5.74, 6) is -0.146. The number of H-pyrrole nitrogens is 1. The third-order valence-electron chi connectivity index (χ3n) is 2.87. The normalized spacial score (nSPS) is 10.8. The van der Waals surface area contributed by atoms with Crippen LogP contribution >= 0.6 is 11.6 Å². The predicted molar refractivity (Wildman–Crippen MR) is 72.0 cm³/mol. The molecule has 0 atom stereocenters. The van der Waals surface area contributed by atoms with Gasteiger partial charge in [-0.2, -0.15) is 5.10 Å². The minimum Gasteiger partial charge on any atom is -0.382 e. The zero-order valence-corrected chi connectivity index (χ0v) is 10.9. The van der Waals surface area contributed by atoms with Crippen LogP contribution in [-0.2, 0) is 6.42 Å². The van der Waals surface area contributed by atoms with E-state index in [1.807, 2.05) is 0 Å². The summed E-state index contributed by atoms with van der Waals surface area (Å²) in [6, 6.07) is 4.89. The van der Waals surface area contributed by atoms with Crippen LogP contribution in [-0.4, -0.2) is 10.2 Å². The lowest BCUT2D eigenvalue weighted by molar-refractivity contribution is 0.631. The van der Waals surface area contributed by atoms with Crippen molar-refractivity contribution in [3.8, 4) is 11.1 Å². The second kappa shape index (κ2) is 5.40. The van der Waals surface area contributed by atoms with Gasteiger partial charge in [-0.1, -0.05) is 37.1 Å². The highest BCUT2D eigenvalue weighted by molar-refractivity contribution is 6.31. The number of benzene rings is 1. The molecular formula is C13H15ClFN3. The number of aromatic amines is 1. The molecule has 2 aromatic rings. The third-order valence-corrected chi connectivity index (χ3v) is 3.16. The zero-order chi connectivity index (χ0) is 13.1. The molecule has 1 aromatic carbocycles. The molecule has 5 heteroatoms. The third kappa shape index (κ3) is 2.34. The van der Waals surface area contributed by atoms with Crippen LogP contribution in [0.15, 0.2) is 18.2 Å². The smallest absolute Gasteiger partial charge is 0.153 e. The monoisotopic (exact) mass is 267 g/mol. The molecule has 0 saturated carbocycles. The first-order chi connectivity index (χ1) is 8.65. The van der Waals surface area contributed by atoms with Crippen molar-refractivity contribution >= 4 is 17.4 Å². The Morgan fingerprint density at radius 1 is 1.44 bits per heavy atom. The molecule has 0 aliphatic heterocycles. The number of hydrogen-bond donors (Lipinski definition) is 2. The summed E-state index contributed by atoms with van der Waals surface area (Å²) in [6.07, 6.45) is 2.84. The van der Waals surface area contributed by atoms with Crippen LogP contribution in [0.1, 0.15) is 25.5 Å². The Kier molecular flexibility index (Phi) is 3.87. The highest BCUT2D eigenvalue weighted by atomic mass is 35.5. The molecule has 18 heavy (non-hydrogen) atoms. The van der Waals surface area contributed by atoms with Crippen molar-refractivity contribution in [2.45, 2.75) is 26.2 Å². The summed E-state index contributed by atoms with van der Waals surface area (Å²) in [5, 5.41) is 6.92. The molecule has 1 heterocycles. The summed E-state index contributed by atoms with van der Waals surface area (Å²) in [7, 11) is 0. The van der Waals surface area contributed by atoms with Crippen LogP contribution in [0.25, 0.3) is 11.1 Å². The first-order valence-electron chi connectivity index (χ1n) is 5.92. The van der Waals surface area contributed by atoms with Gasteiger partial charge in [0.25, 0.3) is 0 Å². The van der Waals surface area contributed by atoms with E-state index in [2.05, 4.69) is 17.1 Å². The first-order valence-corrected chi connectivity index (χ1v) is 6.30. The number of unbranched alkanes of at least 4 members (excludes halogenated alkanes) is 1. The summed E-state index contributed by atoms with van der Waals surface area (Å²) >= 11 is 5.79. The summed E-state index contributed by atoms with van der Waals surface area (Å²) in [5.41, 5.74) is 7.70.